The topological polar surface area (TPSA) is 65.5 Å². The predicted molar refractivity (Wildman–Crippen MR) is 118 cm³/mol. The van der Waals surface area contributed by atoms with Crippen LogP contribution in [-0.4, -0.2) is 24.2 Å². The van der Waals surface area contributed by atoms with Crippen molar-refractivity contribution in [3.05, 3.63) is 72.1 Å². The Morgan fingerprint density at radius 1 is 0.767 bits per heavy atom. The largest absolute Gasteiger partial charge is 0.493 e. The molecule has 0 bridgehead atoms. The SMILES string of the molecule is COc1cc2ncnc(Nc3ccc(Oc4ccccc4)c(C)c3C)c2cc1OC. The zero-order valence-corrected chi connectivity index (χ0v) is 17.4. The first kappa shape index (κ1) is 19.5. The van der Waals surface area contributed by atoms with Crippen molar-refractivity contribution in [1.29, 1.82) is 0 Å². The third-order valence-electron chi connectivity index (χ3n) is 5.10. The second kappa shape index (κ2) is 8.29. The second-order valence-corrected chi connectivity index (χ2v) is 6.85. The van der Waals surface area contributed by atoms with Gasteiger partial charge >= 0.3 is 0 Å². The van der Waals surface area contributed by atoms with Crippen LogP contribution in [-0.2, 0) is 0 Å². The van der Waals surface area contributed by atoms with Crippen molar-refractivity contribution in [3.63, 3.8) is 0 Å². The van der Waals surface area contributed by atoms with Crippen LogP contribution in [0.15, 0.2) is 60.9 Å². The van der Waals surface area contributed by atoms with E-state index in [2.05, 4.69) is 22.2 Å². The summed E-state index contributed by atoms with van der Waals surface area (Å²) in [6.45, 7) is 4.10. The molecule has 6 heteroatoms. The van der Waals surface area contributed by atoms with Gasteiger partial charge < -0.3 is 19.5 Å². The van der Waals surface area contributed by atoms with E-state index in [0.717, 1.165) is 39.2 Å². The zero-order valence-electron chi connectivity index (χ0n) is 17.4. The first-order chi connectivity index (χ1) is 14.6. The monoisotopic (exact) mass is 401 g/mol. The Kier molecular flexibility index (Phi) is 5.39. The number of rotatable bonds is 6. The van der Waals surface area contributed by atoms with E-state index in [-0.39, 0.29) is 0 Å². The highest BCUT2D eigenvalue weighted by atomic mass is 16.5. The average molecular weight is 401 g/mol. The van der Waals surface area contributed by atoms with Crippen LogP contribution >= 0.6 is 0 Å². The number of hydrogen-bond acceptors (Lipinski definition) is 6. The minimum Gasteiger partial charge on any atom is -0.493 e. The molecule has 6 nitrogen and oxygen atoms in total. The van der Waals surface area contributed by atoms with E-state index in [1.54, 1.807) is 14.2 Å². The summed E-state index contributed by atoms with van der Waals surface area (Å²) in [6, 6.07) is 17.4. The highest BCUT2D eigenvalue weighted by Crippen LogP contribution is 2.36. The fourth-order valence-electron chi connectivity index (χ4n) is 3.27. The third kappa shape index (κ3) is 3.72. The maximum absolute atomic E-state index is 6.04. The van der Waals surface area contributed by atoms with Gasteiger partial charge in [0.15, 0.2) is 11.5 Å². The Labute approximate surface area is 175 Å². The first-order valence-electron chi connectivity index (χ1n) is 9.57. The van der Waals surface area contributed by atoms with Crippen molar-refractivity contribution in [2.75, 3.05) is 19.5 Å². The Balaban J connectivity index is 1.69. The van der Waals surface area contributed by atoms with E-state index in [9.17, 15) is 0 Å². The summed E-state index contributed by atoms with van der Waals surface area (Å²) in [5.41, 5.74) is 3.85. The molecular formula is C24H23N3O3. The maximum Gasteiger partial charge on any atom is 0.162 e. The number of ether oxygens (including phenoxy) is 3. The molecule has 0 atom stereocenters. The van der Waals surface area contributed by atoms with E-state index in [1.165, 1.54) is 6.33 Å². The summed E-state index contributed by atoms with van der Waals surface area (Å²) in [6.07, 6.45) is 1.53. The van der Waals surface area contributed by atoms with Crippen LogP contribution in [0.4, 0.5) is 11.5 Å². The van der Waals surface area contributed by atoms with Crippen LogP contribution in [0.5, 0.6) is 23.0 Å². The molecule has 1 N–H and O–H groups in total. The van der Waals surface area contributed by atoms with E-state index in [0.29, 0.717) is 17.3 Å². The van der Waals surface area contributed by atoms with Gasteiger partial charge in [0.1, 0.15) is 23.6 Å². The van der Waals surface area contributed by atoms with E-state index >= 15 is 0 Å². The van der Waals surface area contributed by atoms with Crippen molar-refractivity contribution >= 4 is 22.4 Å². The molecule has 152 valence electrons. The van der Waals surface area contributed by atoms with Gasteiger partial charge in [-0.05, 0) is 55.3 Å². The van der Waals surface area contributed by atoms with Crippen LogP contribution in [0.3, 0.4) is 0 Å². The van der Waals surface area contributed by atoms with Crippen LogP contribution in [0.1, 0.15) is 11.1 Å². The smallest absolute Gasteiger partial charge is 0.162 e. The summed E-state index contributed by atoms with van der Waals surface area (Å²) in [5, 5.41) is 4.28. The minimum atomic E-state index is 0.627. The Bertz CT molecular complexity index is 1190. The van der Waals surface area contributed by atoms with Gasteiger partial charge in [0, 0.05) is 17.1 Å². The lowest BCUT2D eigenvalue weighted by Gasteiger charge is -2.16. The summed E-state index contributed by atoms with van der Waals surface area (Å²) in [7, 11) is 3.22. The Morgan fingerprint density at radius 3 is 2.23 bits per heavy atom. The fourth-order valence-corrected chi connectivity index (χ4v) is 3.27. The van der Waals surface area contributed by atoms with Gasteiger partial charge in [-0.15, -0.1) is 0 Å². The molecule has 0 unspecified atom stereocenters. The molecule has 0 saturated heterocycles. The molecule has 30 heavy (non-hydrogen) atoms. The van der Waals surface area contributed by atoms with Gasteiger partial charge in [-0.25, -0.2) is 9.97 Å². The van der Waals surface area contributed by atoms with Crippen molar-refractivity contribution in [1.82, 2.24) is 9.97 Å². The molecule has 0 fully saturated rings. The quantitative estimate of drug-likeness (QED) is 0.440. The highest BCUT2D eigenvalue weighted by molar-refractivity contribution is 5.93. The number of nitrogens with one attached hydrogen (secondary N) is 1. The Morgan fingerprint density at radius 2 is 1.50 bits per heavy atom. The number of anilines is 2. The van der Waals surface area contributed by atoms with Gasteiger partial charge in [-0.2, -0.15) is 0 Å². The molecule has 0 spiro atoms. The van der Waals surface area contributed by atoms with E-state index < -0.39 is 0 Å². The van der Waals surface area contributed by atoms with Crippen molar-refractivity contribution in [3.8, 4) is 23.0 Å². The number of nitrogens with zero attached hydrogens (tertiary/aromatic N) is 2. The summed E-state index contributed by atoms with van der Waals surface area (Å²) >= 11 is 0. The molecular weight excluding hydrogens is 378 g/mol. The summed E-state index contributed by atoms with van der Waals surface area (Å²) in [4.78, 5) is 8.81. The number of fused-ring (bicyclic) bond motifs is 1. The molecule has 4 aromatic rings. The first-order valence-corrected chi connectivity index (χ1v) is 9.57. The summed E-state index contributed by atoms with van der Waals surface area (Å²) in [5.74, 6) is 3.58. The zero-order chi connectivity index (χ0) is 21.1. The molecule has 1 heterocycles. The van der Waals surface area contributed by atoms with Gasteiger partial charge in [0.05, 0.1) is 19.7 Å². The standard InChI is InChI=1S/C24H23N3O3/c1-15-16(2)21(30-17-8-6-5-7-9-17)11-10-19(15)27-24-18-12-22(28-3)23(29-4)13-20(18)25-14-26-24/h5-14H,1-4H3,(H,25,26,27). The predicted octanol–water partition coefficient (Wildman–Crippen LogP) is 5.80. The normalized spacial score (nSPS) is 10.7. The van der Waals surface area contributed by atoms with Crippen LogP contribution in [0, 0.1) is 13.8 Å². The highest BCUT2D eigenvalue weighted by Gasteiger charge is 2.13. The molecule has 1 aromatic heterocycles. The molecule has 0 aliphatic rings. The van der Waals surface area contributed by atoms with Crippen molar-refractivity contribution in [2.45, 2.75) is 13.8 Å². The van der Waals surface area contributed by atoms with Gasteiger partial charge in [-0.3, -0.25) is 0 Å². The third-order valence-corrected chi connectivity index (χ3v) is 5.10. The minimum absolute atomic E-state index is 0.627. The molecule has 3 aromatic carbocycles. The summed E-state index contributed by atoms with van der Waals surface area (Å²) < 4.78 is 16.9. The van der Waals surface area contributed by atoms with Gasteiger partial charge in [0.25, 0.3) is 0 Å². The van der Waals surface area contributed by atoms with Crippen LogP contribution in [0.2, 0.25) is 0 Å². The number of benzene rings is 3. The fraction of sp³-hybridized carbons (Fsp3) is 0.167. The van der Waals surface area contributed by atoms with Gasteiger partial charge in [-0.1, -0.05) is 18.2 Å². The van der Waals surface area contributed by atoms with E-state index in [4.69, 9.17) is 14.2 Å². The molecule has 0 aliphatic heterocycles. The van der Waals surface area contributed by atoms with Crippen molar-refractivity contribution < 1.29 is 14.2 Å². The molecule has 4 rings (SSSR count). The number of hydrogen-bond donors (Lipinski definition) is 1. The Hall–Kier alpha value is -3.80. The molecule has 0 saturated carbocycles. The molecule has 0 amide bonds. The average Bonchev–Trinajstić information content (AvgIpc) is 2.78. The van der Waals surface area contributed by atoms with Crippen LogP contribution in [0.25, 0.3) is 10.9 Å². The van der Waals surface area contributed by atoms with Gasteiger partial charge in [0.2, 0.25) is 0 Å². The number of para-hydroxylation sites is 1. The lowest BCUT2D eigenvalue weighted by molar-refractivity contribution is 0.356. The second-order valence-electron chi connectivity index (χ2n) is 6.85. The molecule has 0 aliphatic carbocycles. The molecule has 0 radical (unpaired) electrons. The van der Waals surface area contributed by atoms with Crippen molar-refractivity contribution in [2.24, 2.45) is 0 Å². The maximum atomic E-state index is 6.04. The lowest BCUT2D eigenvalue weighted by atomic mass is 10.1. The van der Waals surface area contributed by atoms with E-state index in [1.807, 2.05) is 61.5 Å². The number of aromatic nitrogens is 2. The lowest BCUT2D eigenvalue weighted by Crippen LogP contribution is -2.01. The number of methoxy groups -OCH3 is 2. The van der Waals surface area contributed by atoms with Crippen LogP contribution < -0.4 is 19.5 Å².